The van der Waals surface area contributed by atoms with Crippen molar-refractivity contribution in [2.24, 2.45) is 5.73 Å². The van der Waals surface area contributed by atoms with Gasteiger partial charge in [0.1, 0.15) is 5.82 Å². The number of nitrogens with two attached hydrogens (primary N) is 1. The van der Waals surface area contributed by atoms with Gasteiger partial charge in [-0.25, -0.2) is 9.97 Å². The van der Waals surface area contributed by atoms with Crippen LogP contribution in [0.1, 0.15) is 54.6 Å². The van der Waals surface area contributed by atoms with Crippen LogP contribution in [0.3, 0.4) is 0 Å². The normalized spacial score (nSPS) is 31.6. The minimum Gasteiger partial charge on any atom is -0.324 e. The zero-order valence-electron chi connectivity index (χ0n) is 11.3. The van der Waals surface area contributed by atoms with Crippen LogP contribution in [-0.4, -0.2) is 26.7 Å². The predicted octanol–water partition coefficient (Wildman–Crippen LogP) is 3.11. The zero-order chi connectivity index (χ0) is 13.2. The molecule has 2 aliphatic rings. The summed E-state index contributed by atoms with van der Waals surface area (Å²) in [6, 6.07) is 0.136. The van der Waals surface area contributed by atoms with Crippen LogP contribution in [0.2, 0.25) is 0 Å². The highest BCUT2D eigenvalue weighted by Gasteiger charge is 2.28. The van der Waals surface area contributed by atoms with E-state index in [9.17, 15) is 0 Å². The smallest absolute Gasteiger partial charge is 0.142 e. The van der Waals surface area contributed by atoms with E-state index in [1.54, 1.807) is 0 Å². The molecule has 1 aromatic heterocycles. The van der Waals surface area contributed by atoms with Gasteiger partial charge in [-0.05, 0) is 19.3 Å². The molecule has 3 unspecified atom stereocenters. The lowest BCUT2D eigenvalue weighted by molar-refractivity contribution is 0.614. The van der Waals surface area contributed by atoms with Gasteiger partial charge < -0.3 is 5.73 Å². The number of fused-ring (bicyclic) bond motifs is 1. The Balaban J connectivity index is 1.89. The third-order valence-electron chi connectivity index (χ3n) is 3.94. The van der Waals surface area contributed by atoms with Gasteiger partial charge in [-0.15, -0.1) is 11.8 Å². The molecule has 3 nitrogen and oxygen atoms in total. The van der Waals surface area contributed by atoms with Gasteiger partial charge in [0.15, 0.2) is 0 Å². The molecule has 19 heavy (non-hydrogen) atoms. The molecule has 1 aliphatic heterocycles. The van der Waals surface area contributed by atoms with Crippen LogP contribution < -0.4 is 5.73 Å². The molecule has 3 atom stereocenters. The molecule has 104 valence electrons. The molecule has 2 N–H and O–H groups in total. The summed E-state index contributed by atoms with van der Waals surface area (Å²) in [6.07, 6.45) is 6.55. The van der Waals surface area contributed by atoms with Crippen molar-refractivity contribution in [1.82, 2.24) is 9.97 Å². The van der Waals surface area contributed by atoms with Gasteiger partial charge in [0.25, 0.3) is 0 Å². The molecular formula is C14H21N3S2. The summed E-state index contributed by atoms with van der Waals surface area (Å²) < 4.78 is 0. The van der Waals surface area contributed by atoms with Gasteiger partial charge in [-0.2, -0.15) is 11.8 Å². The highest BCUT2D eigenvalue weighted by atomic mass is 32.2. The Kier molecular flexibility index (Phi) is 4.34. The average Bonchev–Trinajstić information content (AvgIpc) is 2.61. The van der Waals surface area contributed by atoms with Crippen LogP contribution in [0.25, 0.3) is 0 Å². The molecule has 0 saturated carbocycles. The molecule has 2 heterocycles. The van der Waals surface area contributed by atoms with Gasteiger partial charge in [-0.3, -0.25) is 0 Å². The Morgan fingerprint density at radius 2 is 2.11 bits per heavy atom. The van der Waals surface area contributed by atoms with Crippen molar-refractivity contribution < 1.29 is 0 Å². The summed E-state index contributed by atoms with van der Waals surface area (Å²) in [4.78, 5) is 9.51. The molecule has 1 saturated heterocycles. The number of aryl methyl sites for hydroxylation is 1. The second-order valence-electron chi connectivity index (χ2n) is 5.35. The number of thioether (sulfide) groups is 2. The van der Waals surface area contributed by atoms with Crippen molar-refractivity contribution in [3.63, 3.8) is 0 Å². The van der Waals surface area contributed by atoms with E-state index in [4.69, 9.17) is 10.7 Å². The van der Waals surface area contributed by atoms with E-state index >= 15 is 0 Å². The molecule has 3 rings (SSSR count). The molecule has 0 radical (unpaired) electrons. The van der Waals surface area contributed by atoms with E-state index in [-0.39, 0.29) is 6.04 Å². The van der Waals surface area contributed by atoms with Gasteiger partial charge in [-0.1, -0.05) is 13.3 Å². The minimum atomic E-state index is 0.136. The Bertz CT molecular complexity index is 452. The number of rotatable bonds is 1. The van der Waals surface area contributed by atoms with Crippen LogP contribution in [0.4, 0.5) is 0 Å². The van der Waals surface area contributed by atoms with E-state index in [1.165, 1.54) is 35.6 Å². The van der Waals surface area contributed by atoms with Gasteiger partial charge in [0, 0.05) is 40.3 Å². The first kappa shape index (κ1) is 13.7. The lowest BCUT2D eigenvalue weighted by Crippen LogP contribution is -2.20. The highest BCUT2D eigenvalue weighted by Crippen LogP contribution is 2.41. The van der Waals surface area contributed by atoms with Crippen LogP contribution >= 0.6 is 23.5 Å². The Labute approximate surface area is 123 Å². The quantitative estimate of drug-likeness (QED) is 0.807. The Hall–Kier alpha value is -0.260. The summed E-state index contributed by atoms with van der Waals surface area (Å²) in [5, 5.41) is 1.06. The molecule has 0 amide bonds. The topological polar surface area (TPSA) is 51.8 Å². The maximum absolute atomic E-state index is 6.21. The van der Waals surface area contributed by atoms with Crippen molar-refractivity contribution in [3.05, 3.63) is 23.3 Å². The third kappa shape index (κ3) is 2.93. The van der Waals surface area contributed by atoms with Crippen molar-refractivity contribution in [1.29, 1.82) is 0 Å². The lowest BCUT2D eigenvalue weighted by Gasteiger charge is -2.27. The molecule has 0 spiro atoms. The lowest BCUT2D eigenvalue weighted by atomic mass is 10.1. The SMILES string of the molecule is CC1SCCSC1c1ncc2c(n1)CCCCC2N. The van der Waals surface area contributed by atoms with E-state index in [1.807, 2.05) is 29.7 Å². The minimum absolute atomic E-state index is 0.136. The second-order valence-corrected chi connectivity index (χ2v) is 8.08. The fourth-order valence-electron chi connectivity index (χ4n) is 2.82. The fourth-order valence-corrected chi connectivity index (χ4v) is 5.51. The number of hydrogen-bond acceptors (Lipinski definition) is 5. The van der Waals surface area contributed by atoms with Crippen LogP contribution in [0, 0.1) is 0 Å². The summed E-state index contributed by atoms with van der Waals surface area (Å²) >= 11 is 4.04. The fraction of sp³-hybridized carbons (Fsp3) is 0.714. The van der Waals surface area contributed by atoms with E-state index in [0.717, 1.165) is 18.7 Å². The molecule has 1 aromatic rings. The van der Waals surface area contributed by atoms with E-state index < -0.39 is 0 Å². The van der Waals surface area contributed by atoms with Gasteiger partial charge in [0.05, 0.1) is 5.25 Å². The molecule has 1 fully saturated rings. The third-order valence-corrected chi connectivity index (χ3v) is 7.03. The maximum Gasteiger partial charge on any atom is 0.142 e. The largest absolute Gasteiger partial charge is 0.324 e. The van der Waals surface area contributed by atoms with Crippen molar-refractivity contribution >= 4 is 23.5 Å². The number of aromatic nitrogens is 2. The second kappa shape index (κ2) is 6.02. The maximum atomic E-state index is 6.21. The number of hydrogen-bond donors (Lipinski definition) is 1. The summed E-state index contributed by atoms with van der Waals surface area (Å²) in [7, 11) is 0. The zero-order valence-corrected chi connectivity index (χ0v) is 13.0. The van der Waals surface area contributed by atoms with Crippen LogP contribution in [-0.2, 0) is 6.42 Å². The first-order valence-corrected chi connectivity index (χ1v) is 9.20. The highest BCUT2D eigenvalue weighted by molar-refractivity contribution is 8.06. The summed E-state index contributed by atoms with van der Waals surface area (Å²) in [6.45, 7) is 2.29. The molecular weight excluding hydrogens is 274 g/mol. The standard InChI is InChI=1S/C14H21N3S2/c1-9-13(19-7-6-18-9)14-16-8-10-11(15)4-2-3-5-12(10)17-14/h8-9,11,13H,2-7,15H2,1H3. The van der Waals surface area contributed by atoms with Crippen molar-refractivity contribution in [2.75, 3.05) is 11.5 Å². The summed E-state index contributed by atoms with van der Waals surface area (Å²) in [5.41, 5.74) is 8.60. The Morgan fingerprint density at radius 1 is 1.26 bits per heavy atom. The molecule has 5 heteroatoms. The first-order valence-electron chi connectivity index (χ1n) is 7.10. The van der Waals surface area contributed by atoms with Gasteiger partial charge in [0.2, 0.25) is 0 Å². The van der Waals surface area contributed by atoms with Gasteiger partial charge >= 0.3 is 0 Å². The number of nitrogens with zero attached hydrogens (tertiary/aromatic N) is 2. The monoisotopic (exact) mass is 295 g/mol. The predicted molar refractivity (Wildman–Crippen MR) is 83.6 cm³/mol. The first-order chi connectivity index (χ1) is 9.25. The van der Waals surface area contributed by atoms with Crippen molar-refractivity contribution in [2.45, 2.75) is 49.1 Å². The summed E-state index contributed by atoms with van der Waals surface area (Å²) in [5.74, 6) is 3.48. The van der Waals surface area contributed by atoms with E-state index in [0.29, 0.717) is 10.5 Å². The van der Waals surface area contributed by atoms with E-state index in [2.05, 4.69) is 11.9 Å². The molecule has 0 bridgehead atoms. The Morgan fingerprint density at radius 3 is 2.95 bits per heavy atom. The molecule has 0 aromatic carbocycles. The van der Waals surface area contributed by atoms with Crippen molar-refractivity contribution in [3.8, 4) is 0 Å². The molecule has 1 aliphatic carbocycles. The van der Waals surface area contributed by atoms with Crippen LogP contribution in [0.15, 0.2) is 6.20 Å². The van der Waals surface area contributed by atoms with Crippen LogP contribution in [0.5, 0.6) is 0 Å². The average molecular weight is 295 g/mol.